The summed E-state index contributed by atoms with van der Waals surface area (Å²) in [4.78, 5) is 12.4. The molecule has 0 saturated carbocycles. The summed E-state index contributed by atoms with van der Waals surface area (Å²) in [6.07, 6.45) is 1.13. The van der Waals surface area contributed by atoms with Gasteiger partial charge in [0.1, 0.15) is 4.21 Å². The Bertz CT molecular complexity index is 862. The van der Waals surface area contributed by atoms with E-state index in [1.165, 1.54) is 21.2 Å². The lowest BCUT2D eigenvalue weighted by atomic mass is 9.97. The van der Waals surface area contributed by atoms with E-state index < -0.39 is 10.0 Å². The number of amides is 1. The molecule has 1 aromatic carbocycles. The van der Waals surface area contributed by atoms with Gasteiger partial charge in [-0.1, -0.05) is 29.8 Å². The molecule has 0 spiro atoms. The number of sulfonamides is 1. The van der Waals surface area contributed by atoms with Crippen LogP contribution < -0.4 is 5.32 Å². The number of carbonyl (C=O) groups is 1. The minimum atomic E-state index is -3.41. The van der Waals surface area contributed by atoms with Crippen LogP contribution in [0.4, 0.5) is 0 Å². The first-order chi connectivity index (χ1) is 13.5. The molecule has 0 atom stereocenters. The topological polar surface area (TPSA) is 66.5 Å². The van der Waals surface area contributed by atoms with Gasteiger partial charge in [0, 0.05) is 42.1 Å². The lowest BCUT2D eigenvalue weighted by Gasteiger charge is -2.30. The van der Waals surface area contributed by atoms with E-state index in [0.29, 0.717) is 36.7 Å². The summed E-state index contributed by atoms with van der Waals surface area (Å²) in [7, 11) is -3.41. The molecular formula is C19H23ClN2O3S3. The highest BCUT2D eigenvalue weighted by Crippen LogP contribution is 2.26. The average Bonchev–Trinajstić information content (AvgIpc) is 3.25. The number of carbonyl (C=O) groups excluding carboxylic acids is 1. The third-order valence-electron chi connectivity index (χ3n) is 4.64. The zero-order chi connectivity index (χ0) is 20.0. The molecule has 1 saturated heterocycles. The van der Waals surface area contributed by atoms with Crippen LogP contribution in [0.2, 0.25) is 5.02 Å². The Labute approximate surface area is 179 Å². The van der Waals surface area contributed by atoms with Crippen molar-refractivity contribution in [3.8, 4) is 0 Å². The third kappa shape index (κ3) is 5.73. The van der Waals surface area contributed by atoms with Gasteiger partial charge in [0.05, 0.1) is 0 Å². The molecule has 3 rings (SSSR count). The van der Waals surface area contributed by atoms with Gasteiger partial charge < -0.3 is 5.32 Å². The number of benzene rings is 1. The number of piperidine rings is 1. The number of halogens is 1. The van der Waals surface area contributed by atoms with Crippen LogP contribution in [-0.2, 0) is 20.6 Å². The summed E-state index contributed by atoms with van der Waals surface area (Å²) in [6, 6.07) is 11.1. The van der Waals surface area contributed by atoms with Crippen LogP contribution in [0.25, 0.3) is 0 Å². The van der Waals surface area contributed by atoms with Gasteiger partial charge in [-0.15, -0.1) is 11.3 Å². The molecule has 1 fully saturated rings. The highest BCUT2D eigenvalue weighted by Gasteiger charge is 2.32. The second kappa shape index (κ2) is 10.1. The molecule has 9 heteroatoms. The molecule has 1 N–H and O–H groups in total. The van der Waals surface area contributed by atoms with Crippen molar-refractivity contribution in [3.05, 3.63) is 52.4 Å². The lowest BCUT2D eigenvalue weighted by Crippen LogP contribution is -2.43. The van der Waals surface area contributed by atoms with Crippen molar-refractivity contribution in [3.63, 3.8) is 0 Å². The van der Waals surface area contributed by atoms with Crippen molar-refractivity contribution in [1.29, 1.82) is 0 Å². The van der Waals surface area contributed by atoms with E-state index in [1.54, 1.807) is 29.3 Å². The lowest BCUT2D eigenvalue weighted by molar-refractivity contribution is -0.125. The van der Waals surface area contributed by atoms with E-state index >= 15 is 0 Å². The Morgan fingerprint density at radius 2 is 1.93 bits per heavy atom. The van der Waals surface area contributed by atoms with E-state index in [9.17, 15) is 13.2 Å². The van der Waals surface area contributed by atoms with E-state index in [-0.39, 0.29) is 11.8 Å². The second-order valence-corrected chi connectivity index (χ2v) is 11.2. The van der Waals surface area contributed by atoms with Gasteiger partial charge in [-0.25, -0.2) is 8.42 Å². The molecule has 152 valence electrons. The molecular weight excluding hydrogens is 436 g/mol. The molecule has 2 aromatic rings. The van der Waals surface area contributed by atoms with Crippen LogP contribution in [0.1, 0.15) is 18.4 Å². The molecule has 1 aliphatic heterocycles. The van der Waals surface area contributed by atoms with Crippen LogP contribution in [-0.4, -0.2) is 44.0 Å². The van der Waals surface area contributed by atoms with Crippen LogP contribution in [0.15, 0.2) is 46.0 Å². The maximum Gasteiger partial charge on any atom is 0.252 e. The summed E-state index contributed by atoms with van der Waals surface area (Å²) in [5, 5.41) is 5.48. The number of hydrogen-bond donors (Lipinski definition) is 1. The standard InChI is InChI=1S/C19H23ClN2O3S3/c20-17-5-3-15(4-6-17)14-26-13-9-21-19(23)16-7-10-22(11-8-16)28(24,25)18-2-1-12-27-18/h1-6,12,16H,7-11,13-14H2,(H,21,23). The number of thiophene rings is 1. The minimum absolute atomic E-state index is 0.0280. The first-order valence-electron chi connectivity index (χ1n) is 9.10. The predicted molar refractivity (Wildman–Crippen MR) is 116 cm³/mol. The highest BCUT2D eigenvalue weighted by molar-refractivity contribution is 7.98. The van der Waals surface area contributed by atoms with E-state index in [4.69, 9.17) is 11.6 Å². The highest BCUT2D eigenvalue weighted by atomic mass is 35.5. The smallest absolute Gasteiger partial charge is 0.252 e. The Kier molecular flexibility index (Phi) is 7.82. The maximum absolute atomic E-state index is 12.5. The Morgan fingerprint density at radius 1 is 1.21 bits per heavy atom. The Hall–Kier alpha value is -1.06. The Morgan fingerprint density at radius 3 is 2.57 bits per heavy atom. The fourth-order valence-corrected chi connectivity index (χ4v) is 6.62. The molecule has 2 heterocycles. The fraction of sp³-hybridized carbons (Fsp3) is 0.421. The van der Waals surface area contributed by atoms with Gasteiger partial charge in [0.25, 0.3) is 10.0 Å². The summed E-state index contributed by atoms with van der Waals surface area (Å²) >= 11 is 8.86. The van der Waals surface area contributed by atoms with Gasteiger partial charge >= 0.3 is 0 Å². The van der Waals surface area contributed by atoms with Crippen LogP contribution in [0.3, 0.4) is 0 Å². The average molecular weight is 459 g/mol. The summed E-state index contributed by atoms with van der Waals surface area (Å²) < 4.78 is 26.9. The number of nitrogens with zero attached hydrogens (tertiary/aromatic N) is 1. The number of nitrogens with one attached hydrogen (secondary N) is 1. The van der Waals surface area contributed by atoms with Crippen molar-refractivity contribution in [1.82, 2.24) is 9.62 Å². The first kappa shape index (κ1) is 21.6. The summed E-state index contributed by atoms with van der Waals surface area (Å²) in [5.41, 5.74) is 1.21. The largest absolute Gasteiger partial charge is 0.355 e. The van der Waals surface area contributed by atoms with Crippen LogP contribution >= 0.6 is 34.7 Å². The van der Waals surface area contributed by atoms with Gasteiger partial charge in [-0.2, -0.15) is 16.1 Å². The molecule has 0 bridgehead atoms. The quantitative estimate of drug-likeness (QED) is 0.610. The van der Waals surface area contributed by atoms with E-state index in [2.05, 4.69) is 5.32 Å². The normalized spacial score (nSPS) is 16.2. The van der Waals surface area contributed by atoms with Crippen molar-refractivity contribution in [2.45, 2.75) is 22.8 Å². The molecule has 1 aromatic heterocycles. The van der Waals surface area contributed by atoms with Crippen molar-refractivity contribution < 1.29 is 13.2 Å². The van der Waals surface area contributed by atoms with Crippen LogP contribution in [0.5, 0.6) is 0 Å². The predicted octanol–water partition coefficient (Wildman–Crippen LogP) is 3.85. The van der Waals surface area contributed by atoms with Gasteiger partial charge in [0.15, 0.2) is 0 Å². The van der Waals surface area contributed by atoms with Crippen molar-refractivity contribution in [2.24, 2.45) is 5.92 Å². The summed E-state index contributed by atoms with van der Waals surface area (Å²) in [6.45, 7) is 1.40. The molecule has 28 heavy (non-hydrogen) atoms. The van der Waals surface area contributed by atoms with Crippen LogP contribution in [0, 0.1) is 5.92 Å². The summed E-state index contributed by atoms with van der Waals surface area (Å²) in [5.74, 6) is 1.63. The zero-order valence-electron chi connectivity index (χ0n) is 15.3. The van der Waals surface area contributed by atoms with Gasteiger partial charge in [-0.05, 0) is 42.0 Å². The second-order valence-electron chi connectivity index (χ2n) is 6.58. The maximum atomic E-state index is 12.5. The first-order valence-corrected chi connectivity index (χ1v) is 13.0. The number of hydrogen-bond acceptors (Lipinski definition) is 5. The van der Waals surface area contributed by atoms with Gasteiger partial charge in [0.2, 0.25) is 5.91 Å². The van der Waals surface area contributed by atoms with Gasteiger partial charge in [-0.3, -0.25) is 4.79 Å². The molecule has 5 nitrogen and oxygen atoms in total. The Balaban J connectivity index is 1.35. The molecule has 0 radical (unpaired) electrons. The minimum Gasteiger partial charge on any atom is -0.355 e. The van der Waals surface area contributed by atoms with E-state index in [1.807, 2.05) is 24.3 Å². The third-order valence-corrected chi connectivity index (χ3v) is 9.20. The van der Waals surface area contributed by atoms with Crippen molar-refractivity contribution >= 4 is 50.6 Å². The zero-order valence-corrected chi connectivity index (χ0v) is 18.5. The molecule has 1 amide bonds. The monoisotopic (exact) mass is 458 g/mol. The fourth-order valence-electron chi connectivity index (χ4n) is 3.06. The molecule has 0 unspecified atom stereocenters. The number of thioether (sulfide) groups is 1. The molecule has 1 aliphatic rings. The SMILES string of the molecule is O=C(NCCSCc1ccc(Cl)cc1)C1CCN(S(=O)(=O)c2cccs2)CC1. The number of rotatable bonds is 8. The van der Waals surface area contributed by atoms with E-state index in [0.717, 1.165) is 16.5 Å². The molecule has 0 aliphatic carbocycles. The van der Waals surface area contributed by atoms with Crippen molar-refractivity contribution in [2.75, 3.05) is 25.4 Å².